The minimum Gasteiger partial charge on any atom is -0.338 e. The van der Waals surface area contributed by atoms with Crippen LogP contribution in [0.5, 0.6) is 0 Å². The van der Waals surface area contributed by atoms with Crippen LogP contribution in [0, 0.1) is 10.8 Å². The fourth-order valence-corrected chi connectivity index (χ4v) is 4.18. The molecular weight excluding hydrogens is 224 g/mol. The molecule has 3 nitrogen and oxygen atoms in total. The molecule has 3 heteroatoms. The number of nitrogens with two attached hydrogens (primary N) is 1. The Hall–Kier alpha value is -0.570. The molecule has 0 aromatic rings. The molecule has 3 atom stereocenters. The highest BCUT2D eigenvalue weighted by Crippen LogP contribution is 2.52. The normalized spacial score (nSPS) is 37.4. The summed E-state index contributed by atoms with van der Waals surface area (Å²) in [5.74, 6) is 0.149. The Morgan fingerprint density at radius 3 is 2.56 bits per heavy atom. The average Bonchev–Trinajstić information content (AvgIpc) is 2.46. The Bertz CT molecular complexity index is 362. The number of rotatable bonds is 2. The van der Waals surface area contributed by atoms with E-state index in [2.05, 4.69) is 25.7 Å². The smallest absolute Gasteiger partial charge is 0.242 e. The summed E-state index contributed by atoms with van der Waals surface area (Å²) in [6.45, 7) is 11.7. The fourth-order valence-electron chi connectivity index (χ4n) is 4.18. The van der Waals surface area contributed by atoms with Gasteiger partial charge in [0, 0.05) is 12.6 Å². The highest BCUT2D eigenvalue weighted by Gasteiger charge is 2.52. The van der Waals surface area contributed by atoms with Gasteiger partial charge in [-0.25, -0.2) is 0 Å². The first-order valence-corrected chi connectivity index (χ1v) is 7.19. The van der Waals surface area contributed by atoms with Crippen LogP contribution in [0.25, 0.3) is 0 Å². The van der Waals surface area contributed by atoms with E-state index in [4.69, 9.17) is 5.73 Å². The minimum atomic E-state index is -0.696. The lowest BCUT2D eigenvalue weighted by atomic mass is 9.65. The van der Waals surface area contributed by atoms with Crippen LogP contribution < -0.4 is 5.73 Å². The van der Waals surface area contributed by atoms with E-state index in [9.17, 15) is 4.79 Å². The Morgan fingerprint density at radius 2 is 2.00 bits per heavy atom. The molecular formula is C15H28N2O. The number of likely N-dealkylation sites (tertiary alicyclic amines) is 1. The first kappa shape index (κ1) is 13.9. The molecule has 1 saturated heterocycles. The van der Waals surface area contributed by atoms with Crippen LogP contribution in [-0.4, -0.2) is 28.9 Å². The van der Waals surface area contributed by atoms with Crippen molar-refractivity contribution in [3.8, 4) is 0 Å². The minimum absolute atomic E-state index is 0.149. The van der Waals surface area contributed by atoms with Gasteiger partial charge in [-0.05, 0) is 43.4 Å². The molecule has 0 aromatic carbocycles. The summed E-state index contributed by atoms with van der Waals surface area (Å²) in [5, 5.41) is 0. The van der Waals surface area contributed by atoms with Crippen molar-refractivity contribution in [3.05, 3.63) is 0 Å². The second-order valence-electron chi connectivity index (χ2n) is 7.92. The molecule has 0 aromatic heterocycles. The quantitative estimate of drug-likeness (QED) is 0.821. The molecule has 18 heavy (non-hydrogen) atoms. The van der Waals surface area contributed by atoms with E-state index in [-0.39, 0.29) is 5.91 Å². The van der Waals surface area contributed by atoms with Crippen LogP contribution >= 0.6 is 0 Å². The van der Waals surface area contributed by atoms with Crippen LogP contribution in [-0.2, 0) is 4.79 Å². The van der Waals surface area contributed by atoms with Gasteiger partial charge in [0.15, 0.2) is 0 Å². The highest BCUT2D eigenvalue weighted by atomic mass is 16.2. The van der Waals surface area contributed by atoms with Gasteiger partial charge in [0.05, 0.1) is 5.54 Å². The molecule has 2 rings (SSSR count). The van der Waals surface area contributed by atoms with E-state index in [1.807, 2.05) is 13.8 Å². The SMILES string of the molecule is CCC(C)(N)C(=O)N1CC2(C)CC1CC(C)(C)C2. The second-order valence-corrected chi connectivity index (χ2v) is 7.92. The van der Waals surface area contributed by atoms with Gasteiger partial charge in [0.25, 0.3) is 0 Å². The molecule has 2 aliphatic rings. The number of nitrogens with zero attached hydrogens (tertiary/aromatic N) is 1. The van der Waals surface area contributed by atoms with Gasteiger partial charge in [-0.3, -0.25) is 4.79 Å². The summed E-state index contributed by atoms with van der Waals surface area (Å²) in [7, 11) is 0. The zero-order valence-electron chi connectivity index (χ0n) is 12.5. The van der Waals surface area contributed by atoms with Crippen LogP contribution in [0.1, 0.15) is 60.3 Å². The van der Waals surface area contributed by atoms with E-state index in [0.717, 1.165) is 19.4 Å². The Balaban J connectivity index is 2.21. The van der Waals surface area contributed by atoms with Crippen molar-refractivity contribution in [3.63, 3.8) is 0 Å². The lowest BCUT2D eigenvalue weighted by molar-refractivity contribution is -0.137. The summed E-state index contributed by atoms with van der Waals surface area (Å²) in [6, 6.07) is 0.403. The van der Waals surface area contributed by atoms with Crippen LogP contribution in [0.3, 0.4) is 0 Å². The number of amides is 1. The summed E-state index contributed by atoms with van der Waals surface area (Å²) >= 11 is 0. The molecule has 2 bridgehead atoms. The number of carbonyl (C=O) groups excluding carboxylic acids is 1. The van der Waals surface area contributed by atoms with E-state index in [1.54, 1.807) is 0 Å². The van der Waals surface area contributed by atoms with E-state index >= 15 is 0 Å². The topological polar surface area (TPSA) is 46.3 Å². The molecule has 0 radical (unpaired) electrons. The number of fused-ring (bicyclic) bond motifs is 2. The summed E-state index contributed by atoms with van der Waals surface area (Å²) in [6.07, 6.45) is 4.19. The molecule has 1 heterocycles. The maximum atomic E-state index is 12.6. The number of carbonyl (C=O) groups is 1. The largest absolute Gasteiger partial charge is 0.338 e. The van der Waals surface area contributed by atoms with Crippen molar-refractivity contribution in [1.82, 2.24) is 4.90 Å². The average molecular weight is 252 g/mol. The van der Waals surface area contributed by atoms with E-state index in [1.165, 1.54) is 6.42 Å². The third-order valence-electron chi connectivity index (χ3n) is 4.90. The maximum absolute atomic E-state index is 12.6. The summed E-state index contributed by atoms with van der Waals surface area (Å²) in [5.41, 5.74) is 6.09. The lowest BCUT2D eigenvalue weighted by Gasteiger charge is -2.40. The first-order chi connectivity index (χ1) is 8.09. The summed E-state index contributed by atoms with van der Waals surface area (Å²) < 4.78 is 0. The van der Waals surface area contributed by atoms with Crippen molar-refractivity contribution < 1.29 is 4.79 Å². The second kappa shape index (κ2) is 3.96. The maximum Gasteiger partial charge on any atom is 0.242 e. The molecule has 1 amide bonds. The molecule has 3 unspecified atom stereocenters. The molecule has 1 aliphatic carbocycles. The molecule has 1 saturated carbocycles. The van der Waals surface area contributed by atoms with Gasteiger partial charge < -0.3 is 10.6 Å². The lowest BCUT2D eigenvalue weighted by Crippen LogP contribution is -2.54. The zero-order chi connectivity index (χ0) is 13.8. The highest BCUT2D eigenvalue weighted by molar-refractivity contribution is 5.86. The number of hydrogen-bond donors (Lipinski definition) is 1. The van der Waals surface area contributed by atoms with E-state index in [0.29, 0.717) is 23.3 Å². The molecule has 1 aliphatic heterocycles. The standard InChI is InChI=1S/C15H28N2O/c1-6-15(5,16)12(18)17-10-14(4)8-11(17)7-13(2,3)9-14/h11H,6-10,16H2,1-5H3. The van der Waals surface area contributed by atoms with Gasteiger partial charge in [-0.1, -0.05) is 27.7 Å². The Labute approximate surface area is 111 Å². The third-order valence-corrected chi connectivity index (χ3v) is 4.90. The van der Waals surface area contributed by atoms with Gasteiger partial charge in [0.1, 0.15) is 0 Å². The van der Waals surface area contributed by atoms with Gasteiger partial charge in [0.2, 0.25) is 5.91 Å². The predicted molar refractivity (Wildman–Crippen MR) is 74.1 cm³/mol. The Morgan fingerprint density at radius 1 is 1.39 bits per heavy atom. The van der Waals surface area contributed by atoms with Crippen LogP contribution in [0.15, 0.2) is 0 Å². The van der Waals surface area contributed by atoms with Crippen molar-refractivity contribution in [2.45, 2.75) is 71.9 Å². The molecule has 0 spiro atoms. The van der Waals surface area contributed by atoms with Crippen molar-refractivity contribution in [2.75, 3.05) is 6.54 Å². The first-order valence-electron chi connectivity index (χ1n) is 7.19. The van der Waals surface area contributed by atoms with E-state index < -0.39 is 5.54 Å². The predicted octanol–water partition coefficient (Wildman–Crippen LogP) is 2.54. The van der Waals surface area contributed by atoms with Gasteiger partial charge >= 0.3 is 0 Å². The zero-order valence-corrected chi connectivity index (χ0v) is 12.5. The monoisotopic (exact) mass is 252 g/mol. The number of hydrogen-bond acceptors (Lipinski definition) is 2. The molecule has 104 valence electrons. The van der Waals surface area contributed by atoms with Gasteiger partial charge in [-0.2, -0.15) is 0 Å². The van der Waals surface area contributed by atoms with Crippen molar-refractivity contribution in [1.29, 1.82) is 0 Å². The van der Waals surface area contributed by atoms with Crippen molar-refractivity contribution >= 4 is 5.91 Å². The van der Waals surface area contributed by atoms with Crippen molar-refractivity contribution in [2.24, 2.45) is 16.6 Å². The molecule has 2 N–H and O–H groups in total. The third kappa shape index (κ3) is 2.29. The summed E-state index contributed by atoms with van der Waals surface area (Å²) in [4.78, 5) is 14.7. The van der Waals surface area contributed by atoms with Crippen LogP contribution in [0.4, 0.5) is 0 Å². The van der Waals surface area contributed by atoms with Gasteiger partial charge in [-0.15, -0.1) is 0 Å². The molecule has 2 fully saturated rings. The van der Waals surface area contributed by atoms with Crippen LogP contribution in [0.2, 0.25) is 0 Å². The fraction of sp³-hybridized carbons (Fsp3) is 0.933. The Kier molecular flexibility index (Phi) is 3.05.